The van der Waals surface area contributed by atoms with Gasteiger partial charge in [0.15, 0.2) is 0 Å². The van der Waals surface area contributed by atoms with Crippen molar-refractivity contribution in [1.29, 1.82) is 0 Å². The zero-order chi connectivity index (χ0) is 10.9. The monoisotopic (exact) mass is 197 g/mol. The Morgan fingerprint density at radius 3 is 2.50 bits per heavy atom. The first-order chi connectivity index (χ1) is 6.43. The van der Waals surface area contributed by atoms with Crippen LogP contribution in [0.25, 0.3) is 0 Å². The Kier molecular flexibility index (Phi) is 2.55. The minimum absolute atomic E-state index is 0.0359. The summed E-state index contributed by atoms with van der Waals surface area (Å²) in [6, 6.07) is 1.15. The third-order valence-electron chi connectivity index (χ3n) is 1.85. The first kappa shape index (κ1) is 10.2. The van der Waals surface area contributed by atoms with Crippen molar-refractivity contribution in [2.24, 2.45) is 5.73 Å². The second-order valence-electron chi connectivity index (χ2n) is 3.21. The van der Waals surface area contributed by atoms with E-state index in [9.17, 15) is 14.9 Å². The van der Waals surface area contributed by atoms with Crippen LogP contribution in [0.3, 0.4) is 0 Å². The molecule has 0 aliphatic rings. The molecule has 0 aliphatic heterocycles. The fraction of sp³-hybridized carbons (Fsp3) is 0.375. The molecule has 6 heteroatoms. The van der Waals surface area contributed by atoms with Crippen molar-refractivity contribution in [1.82, 2.24) is 4.57 Å². The van der Waals surface area contributed by atoms with E-state index in [1.165, 1.54) is 16.8 Å². The van der Waals surface area contributed by atoms with Crippen molar-refractivity contribution in [2.45, 2.75) is 19.9 Å². The maximum Gasteiger partial charge on any atom is 0.287 e. The molecule has 1 aromatic rings. The molecule has 0 bridgehead atoms. The predicted molar refractivity (Wildman–Crippen MR) is 50.0 cm³/mol. The highest BCUT2D eigenvalue weighted by Gasteiger charge is 2.18. The maximum atomic E-state index is 10.9. The van der Waals surface area contributed by atoms with E-state index >= 15 is 0 Å². The van der Waals surface area contributed by atoms with Gasteiger partial charge in [-0.3, -0.25) is 14.9 Å². The number of carbonyl (C=O) groups excluding carboxylic acids is 1. The Labute approximate surface area is 80.5 Å². The van der Waals surface area contributed by atoms with Gasteiger partial charge >= 0.3 is 0 Å². The number of nitrogens with two attached hydrogens (primary N) is 1. The summed E-state index contributed by atoms with van der Waals surface area (Å²) in [6.45, 7) is 3.63. The number of hydrogen-bond donors (Lipinski definition) is 1. The van der Waals surface area contributed by atoms with Crippen LogP contribution < -0.4 is 5.73 Å². The van der Waals surface area contributed by atoms with Crippen LogP contribution in [0.2, 0.25) is 0 Å². The molecule has 0 radical (unpaired) electrons. The lowest BCUT2D eigenvalue weighted by atomic mass is 10.3. The summed E-state index contributed by atoms with van der Waals surface area (Å²) < 4.78 is 1.49. The number of carbonyl (C=O) groups is 1. The smallest absolute Gasteiger partial charge is 0.287 e. The summed E-state index contributed by atoms with van der Waals surface area (Å²) in [5.41, 5.74) is 5.12. The molecule has 6 nitrogen and oxygen atoms in total. The van der Waals surface area contributed by atoms with Gasteiger partial charge in [-0.1, -0.05) is 0 Å². The Bertz CT molecular complexity index is 381. The number of nitrogens with zero attached hydrogens (tertiary/aromatic N) is 2. The number of hydrogen-bond acceptors (Lipinski definition) is 3. The van der Waals surface area contributed by atoms with Gasteiger partial charge in [-0.25, -0.2) is 0 Å². The fourth-order valence-corrected chi connectivity index (χ4v) is 1.19. The van der Waals surface area contributed by atoms with Gasteiger partial charge in [0.2, 0.25) is 0 Å². The van der Waals surface area contributed by atoms with Gasteiger partial charge in [0.05, 0.1) is 11.1 Å². The topological polar surface area (TPSA) is 91.2 Å². The van der Waals surface area contributed by atoms with E-state index in [2.05, 4.69) is 0 Å². The second-order valence-corrected chi connectivity index (χ2v) is 3.21. The van der Waals surface area contributed by atoms with Gasteiger partial charge in [0.25, 0.3) is 11.6 Å². The van der Waals surface area contributed by atoms with Gasteiger partial charge in [-0.15, -0.1) is 0 Å². The van der Waals surface area contributed by atoms with Gasteiger partial charge in [0.1, 0.15) is 5.69 Å². The van der Waals surface area contributed by atoms with Crippen LogP contribution in [-0.2, 0) is 0 Å². The molecule has 2 N–H and O–H groups in total. The maximum absolute atomic E-state index is 10.9. The number of nitro groups is 1. The number of primary amides is 1. The largest absolute Gasteiger partial charge is 0.364 e. The van der Waals surface area contributed by atoms with Gasteiger partial charge in [-0.05, 0) is 13.8 Å². The molecule has 76 valence electrons. The minimum atomic E-state index is -0.660. The summed E-state index contributed by atoms with van der Waals surface area (Å²) >= 11 is 0. The minimum Gasteiger partial charge on any atom is -0.364 e. The van der Waals surface area contributed by atoms with Crippen molar-refractivity contribution in [3.05, 3.63) is 28.1 Å². The molecular formula is C8H11N3O3. The molecule has 0 aromatic carbocycles. The number of rotatable bonds is 3. The van der Waals surface area contributed by atoms with Crippen LogP contribution in [-0.4, -0.2) is 15.4 Å². The summed E-state index contributed by atoms with van der Waals surface area (Å²) in [6.07, 6.45) is 1.31. The molecule has 1 rings (SSSR count). The van der Waals surface area contributed by atoms with E-state index in [1.807, 2.05) is 13.8 Å². The average molecular weight is 197 g/mol. The van der Waals surface area contributed by atoms with Crippen LogP contribution in [0, 0.1) is 10.1 Å². The quantitative estimate of drug-likeness (QED) is 0.580. The molecule has 1 heterocycles. The summed E-state index contributed by atoms with van der Waals surface area (Å²) in [7, 11) is 0. The van der Waals surface area contributed by atoms with Gasteiger partial charge in [-0.2, -0.15) is 0 Å². The standard InChI is InChI=1S/C8H11N3O3/c1-5(2)10-4-6(11(13)14)3-7(10)8(9)12/h3-5H,1-2H3,(H2,9,12). The molecular weight excluding hydrogens is 186 g/mol. The van der Waals surface area contributed by atoms with Crippen LogP contribution in [0.1, 0.15) is 30.4 Å². The second kappa shape index (κ2) is 3.49. The van der Waals surface area contributed by atoms with Crippen molar-refractivity contribution in [2.75, 3.05) is 0 Å². The number of aromatic nitrogens is 1. The fourth-order valence-electron chi connectivity index (χ4n) is 1.19. The SMILES string of the molecule is CC(C)n1cc([N+](=O)[O-])cc1C(N)=O. The summed E-state index contributed by atoms with van der Waals surface area (Å²) in [4.78, 5) is 20.8. The Morgan fingerprint density at radius 1 is 1.64 bits per heavy atom. The predicted octanol–water partition coefficient (Wildman–Crippen LogP) is 1.08. The molecule has 0 atom stereocenters. The lowest BCUT2D eigenvalue weighted by Crippen LogP contribution is -2.17. The van der Waals surface area contributed by atoms with Crippen LogP contribution in [0.5, 0.6) is 0 Å². The van der Waals surface area contributed by atoms with Crippen LogP contribution in [0.15, 0.2) is 12.3 Å². The highest BCUT2D eigenvalue weighted by Crippen LogP contribution is 2.19. The zero-order valence-electron chi connectivity index (χ0n) is 7.93. The molecule has 1 aromatic heterocycles. The number of amides is 1. The van der Waals surface area contributed by atoms with E-state index in [-0.39, 0.29) is 17.4 Å². The van der Waals surface area contributed by atoms with Gasteiger partial charge < -0.3 is 10.3 Å². The third-order valence-corrected chi connectivity index (χ3v) is 1.85. The molecule has 0 aliphatic carbocycles. The normalized spacial score (nSPS) is 10.5. The zero-order valence-corrected chi connectivity index (χ0v) is 7.93. The third kappa shape index (κ3) is 1.73. The molecule has 0 saturated carbocycles. The Hall–Kier alpha value is -1.85. The van der Waals surface area contributed by atoms with E-state index in [4.69, 9.17) is 5.73 Å². The molecule has 0 spiro atoms. The molecule has 14 heavy (non-hydrogen) atoms. The van der Waals surface area contributed by atoms with E-state index < -0.39 is 10.8 Å². The van der Waals surface area contributed by atoms with Crippen LogP contribution >= 0.6 is 0 Å². The highest BCUT2D eigenvalue weighted by molar-refractivity contribution is 5.92. The van der Waals surface area contributed by atoms with Crippen molar-refractivity contribution in [3.63, 3.8) is 0 Å². The van der Waals surface area contributed by atoms with E-state index in [0.29, 0.717) is 0 Å². The Morgan fingerprint density at radius 2 is 2.21 bits per heavy atom. The molecule has 0 saturated heterocycles. The molecule has 0 fully saturated rings. The van der Waals surface area contributed by atoms with Crippen LogP contribution in [0.4, 0.5) is 5.69 Å². The first-order valence-corrected chi connectivity index (χ1v) is 4.09. The summed E-state index contributed by atoms with van der Waals surface area (Å²) in [5.74, 6) is -0.660. The Balaban J connectivity index is 3.26. The lowest BCUT2D eigenvalue weighted by molar-refractivity contribution is -0.384. The van der Waals surface area contributed by atoms with Crippen molar-refractivity contribution in [3.8, 4) is 0 Å². The molecule has 0 unspecified atom stereocenters. The summed E-state index contributed by atoms with van der Waals surface area (Å²) in [5, 5.41) is 10.5. The van der Waals surface area contributed by atoms with E-state index in [1.54, 1.807) is 0 Å². The van der Waals surface area contributed by atoms with E-state index in [0.717, 1.165) is 0 Å². The average Bonchev–Trinajstić information content (AvgIpc) is 2.47. The highest BCUT2D eigenvalue weighted by atomic mass is 16.6. The van der Waals surface area contributed by atoms with Crippen molar-refractivity contribution < 1.29 is 9.72 Å². The molecule has 1 amide bonds. The lowest BCUT2D eigenvalue weighted by Gasteiger charge is -2.08. The first-order valence-electron chi connectivity index (χ1n) is 4.09. The van der Waals surface area contributed by atoms with Gasteiger partial charge in [0, 0.05) is 12.1 Å². The van der Waals surface area contributed by atoms with Crippen molar-refractivity contribution >= 4 is 11.6 Å².